The topological polar surface area (TPSA) is 72.3 Å². The van der Waals surface area contributed by atoms with E-state index in [0.29, 0.717) is 5.75 Å². The molecule has 0 aromatic heterocycles. The predicted molar refractivity (Wildman–Crippen MR) is 74.7 cm³/mol. The molecule has 0 radical (unpaired) electrons. The molecule has 3 nitrogen and oxygen atoms in total. The molecule has 0 aliphatic carbocycles. The highest BCUT2D eigenvalue weighted by molar-refractivity contribution is 5.85. The highest BCUT2D eigenvalue weighted by atomic mass is 35.5. The maximum Gasteiger partial charge on any atom is 0.116 e. The zero-order chi connectivity index (χ0) is 12.1. The largest absolute Gasteiger partial charge is 0.508 e. The van der Waals surface area contributed by atoms with Gasteiger partial charge in [-0.15, -0.1) is 12.4 Å². The molecule has 4 heteroatoms. The van der Waals surface area contributed by atoms with Crippen molar-refractivity contribution in [2.45, 2.75) is 39.2 Å². The van der Waals surface area contributed by atoms with Crippen molar-refractivity contribution in [2.24, 2.45) is 11.5 Å². The summed E-state index contributed by atoms with van der Waals surface area (Å²) in [5.74, 6) is 0.313. The molecule has 17 heavy (non-hydrogen) atoms. The molecular formula is C13H23ClN2O. The van der Waals surface area contributed by atoms with Crippen LogP contribution in [0.2, 0.25) is 0 Å². The summed E-state index contributed by atoms with van der Waals surface area (Å²) in [7, 11) is 0. The molecule has 1 aromatic rings. The first kappa shape index (κ1) is 16.2. The zero-order valence-electron chi connectivity index (χ0n) is 10.6. The van der Waals surface area contributed by atoms with Gasteiger partial charge >= 0.3 is 0 Å². The molecule has 0 saturated heterocycles. The molecule has 0 spiro atoms. The van der Waals surface area contributed by atoms with Crippen LogP contribution in [0.15, 0.2) is 12.1 Å². The SMILES string of the molecule is Cc1cc(O)cc(C)c1[C@H](N)CCCCN.Cl. The average molecular weight is 259 g/mol. The molecule has 0 aliphatic heterocycles. The van der Waals surface area contributed by atoms with E-state index in [1.807, 2.05) is 13.8 Å². The van der Waals surface area contributed by atoms with Crippen molar-refractivity contribution in [3.63, 3.8) is 0 Å². The number of aromatic hydroxyl groups is 1. The normalized spacial score (nSPS) is 12.0. The minimum atomic E-state index is 0. The van der Waals surface area contributed by atoms with Crippen LogP contribution < -0.4 is 11.5 Å². The molecule has 0 unspecified atom stereocenters. The maximum absolute atomic E-state index is 9.46. The van der Waals surface area contributed by atoms with Crippen molar-refractivity contribution < 1.29 is 5.11 Å². The van der Waals surface area contributed by atoms with Crippen LogP contribution in [0.5, 0.6) is 5.75 Å². The number of benzene rings is 1. The summed E-state index contributed by atoms with van der Waals surface area (Å²) in [5.41, 5.74) is 14.9. The van der Waals surface area contributed by atoms with Crippen LogP contribution in [0.4, 0.5) is 0 Å². The number of hydrogen-bond acceptors (Lipinski definition) is 3. The Kier molecular flexibility index (Phi) is 7.19. The average Bonchev–Trinajstić information content (AvgIpc) is 2.16. The number of unbranched alkanes of at least 4 members (excludes halogenated alkanes) is 1. The fourth-order valence-electron chi connectivity index (χ4n) is 2.19. The van der Waals surface area contributed by atoms with Gasteiger partial charge in [-0.05, 0) is 62.1 Å². The number of hydrogen-bond donors (Lipinski definition) is 3. The van der Waals surface area contributed by atoms with Crippen LogP contribution >= 0.6 is 12.4 Å². The third-order valence-corrected chi connectivity index (χ3v) is 2.92. The monoisotopic (exact) mass is 258 g/mol. The lowest BCUT2D eigenvalue weighted by molar-refractivity contribution is 0.473. The van der Waals surface area contributed by atoms with Gasteiger partial charge in [0.25, 0.3) is 0 Å². The van der Waals surface area contributed by atoms with Crippen LogP contribution in [0.3, 0.4) is 0 Å². The van der Waals surface area contributed by atoms with Crippen molar-refractivity contribution in [3.8, 4) is 5.75 Å². The summed E-state index contributed by atoms with van der Waals surface area (Å²) in [6.07, 6.45) is 3.02. The van der Waals surface area contributed by atoms with Gasteiger partial charge in [-0.25, -0.2) is 0 Å². The van der Waals surface area contributed by atoms with Crippen molar-refractivity contribution in [1.29, 1.82) is 0 Å². The quantitative estimate of drug-likeness (QED) is 0.711. The van der Waals surface area contributed by atoms with E-state index in [4.69, 9.17) is 11.5 Å². The molecule has 0 amide bonds. The van der Waals surface area contributed by atoms with Gasteiger partial charge in [-0.2, -0.15) is 0 Å². The Morgan fingerprint density at radius 2 is 1.71 bits per heavy atom. The van der Waals surface area contributed by atoms with Gasteiger partial charge in [0.15, 0.2) is 0 Å². The van der Waals surface area contributed by atoms with Crippen molar-refractivity contribution in [1.82, 2.24) is 0 Å². The highest BCUT2D eigenvalue weighted by Crippen LogP contribution is 2.27. The molecule has 5 N–H and O–H groups in total. The first-order valence-electron chi connectivity index (χ1n) is 5.82. The summed E-state index contributed by atoms with van der Waals surface area (Å²) in [5, 5.41) is 9.46. The summed E-state index contributed by atoms with van der Waals surface area (Å²) < 4.78 is 0. The second kappa shape index (κ2) is 7.54. The van der Waals surface area contributed by atoms with Gasteiger partial charge in [0.1, 0.15) is 5.75 Å². The first-order chi connectivity index (χ1) is 7.56. The van der Waals surface area contributed by atoms with Crippen LogP contribution in [0, 0.1) is 13.8 Å². The van der Waals surface area contributed by atoms with Gasteiger partial charge in [0.2, 0.25) is 0 Å². The van der Waals surface area contributed by atoms with E-state index in [0.717, 1.165) is 42.5 Å². The lowest BCUT2D eigenvalue weighted by Gasteiger charge is -2.17. The summed E-state index contributed by atoms with van der Waals surface area (Å²) >= 11 is 0. The fraction of sp³-hybridized carbons (Fsp3) is 0.538. The number of rotatable bonds is 5. The smallest absolute Gasteiger partial charge is 0.116 e. The number of phenols is 1. The number of aryl methyl sites for hydroxylation is 2. The molecule has 98 valence electrons. The summed E-state index contributed by atoms with van der Waals surface area (Å²) in [4.78, 5) is 0. The molecular weight excluding hydrogens is 236 g/mol. The third-order valence-electron chi connectivity index (χ3n) is 2.92. The van der Waals surface area contributed by atoms with Gasteiger partial charge in [0.05, 0.1) is 0 Å². The van der Waals surface area contributed by atoms with E-state index in [2.05, 4.69) is 0 Å². The Labute approximate surface area is 110 Å². The van der Waals surface area contributed by atoms with Gasteiger partial charge in [-0.3, -0.25) is 0 Å². The fourth-order valence-corrected chi connectivity index (χ4v) is 2.19. The molecule has 0 heterocycles. The molecule has 1 atom stereocenters. The van der Waals surface area contributed by atoms with E-state index in [-0.39, 0.29) is 18.4 Å². The molecule has 0 aliphatic rings. The van der Waals surface area contributed by atoms with E-state index < -0.39 is 0 Å². The molecule has 0 saturated carbocycles. The van der Waals surface area contributed by atoms with E-state index >= 15 is 0 Å². The van der Waals surface area contributed by atoms with E-state index in [9.17, 15) is 5.11 Å². The molecule has 1 rings (SSSR count). The Bertz CT molecular complexity index is 332. The maximum atomic E-state index is 9.46. The number of halogens is 1. The van der Waals surface area contributed by atoms with Crippen LogP contribution in [-0.2, 0) is 0 Å². The Morgan fingerprint density at radius 1 is 1.18 bits per heavy atom. The van der Waals surface area contributed by atoms with Crippen LogP contribution in [0.1, 0.15) is 42.0 Å². The van der Waals surface area contributed by atoms with E-state index in [1.54, 1.807) is 12.1 Å². The standard InChI is InChI=1S/C13H22N2O.ClH/c1-9-7-11(16)8-10(2)13(9)12(15)5-3-4-6-14;/h7-8,12,16H,3-6,14-15H2,1-2H3;1H/t12-;/m1./s1. The number of phenolic OH excluding ortho intramolecular Hbond substituents is 1. The lowest BCUT2D eigenvalue weighted by atomic mass is 9.93. The second-order valence-corrected chi connectivity index (χ2v) is 4.38. The predicted octanol–water partition coefficient (Wildman–Crippen LogP) is 2.56. The van der Waals surface area contributed by atoms with Crippen molar-refractivity contribution in [2.75, 3.05) is 6.54 Å². The Hall–Kier alpha value is -0.770. The first-order valence-corrected chi connectivity index (χ1v) is 5.82. The number of nitrogens with two attached hydrogens (primary N) is 2. The second-order valence-electron chi connectivity index (χ2n) is 4.38. The Balaban J connectivity index is 0.00000256. The van der Waals surface area contributed by atoms with Gasteiger partial charge < -0.3 is 16.6 Å². The van der Waals surface area contributed by atoms with Gasteiger partial charge in [0, 0.05) is 6.04 Å². The molecule has 0 fully saturated rings. The van der Waals surface area contributed by atoms with Crippen LogP contribution in [0.25, 0.3) is 0 Å². The Morgan fingerprint density at radius 3 is 2.18 bits per heavy atom. The van der Waals surface area contributed by atoms with Gasteiger partial charge in [-0.1, -0.05) is 6.42 Å². The van der Waals surface area contributed by atoms with E-state index in [1.165, 1.54) is 0 Å². The molecule has 0 bridgehead atoms. The summed E-state index contributed by atoms with van der Waals surface area (Å²) in [6, 6.07) is 3.59. The zero-order valence-corrected chi connectivity index (χ0v) is 11.4. The van der Waals surface area contributed by atoms with Crippen LogP contribution in [-0.4, -0.2) is 11.7 Å². The minimum Gasteiger partial charge on any atom is -0.508 e. The third kappa shape index (κ3) is 4.54. The summed E-state index contributed by atoms with van der Waals surface area (Å²) in [6.45, 7) is 4.70. The lowest BCUT2D eigenvalue weighted by Crippen LogP contribution is -2.14. The van der Waals surface area contributed by atoms with Crippen molar-refractivity contribution in [3.05, 3.63) is 28.8 Å². The highest BCUT2D eigenvalue weighted by Gasteiger charge is 2.12. The van der Waals surface area contributed by atoms with Crippen molar-refractivity contribution >= 4 is 12.4 Å². The molecule has 1 aromatic carbocycles. The minimum absolute atomic E-state index is 0.